The number of pyridine rings is 1. The highest BCUT2D eigenvalue weighted by Gasteiger charge is 2.26. The lowest BCUT2D eigenvalue weighted by molar-refractivity contribution is 0.102. The fourth-order valence-corrected chi connectivity index (χ4v) is 3.49. The summed E-state index contributed by atoms with van der Waals surface area (Å²) in [5.41, 5.74) is 0.213. The minimum atomic E-state index is -0.853. The molecule has 4 rings (SSSR count). The Bertz CT molecular complexity index is 1040. The van der Waals surface area contributed by atoms with Gasteiger partial charge in [-0.1, -0.05) is 0 Å². The molecule has 1 aliphatic rings. The molecule has 11 heteroatoms. The average Bonchev–Trinajstić information content (AvgIpc) is 2.75. The number of carbonyl (C=O) groups excluding carboxylic acids is 1. The van der Waals surface area contributed by atoms with Gasteiger partial charge in [0.25, 0.3) is 5.91 Å². The third-order valence-corrected chi connectivity index (χ3v) is 5.12. The lowest BCUT2D eigenvalue weighted by Crippen LogP contribution is -2.53. The predicted octanol–water partition coefficient (Wildman–Crippen LogP) is 2.53. The molecule has 1 N–H and O–H groups in total. The molecule has 0 spiro atoms. The average molecular weight is 473 g/mol. The Labute approximate surface area is 180 Å². The molecule has 0 radical (unpaired) electrons. The van der Waals surface area contributed by atoms with E-state index in [4.69, 9.17) is 0 Å². The normalized spacial score (nSPS) is 16.4. The van der Waals surface area contributed by atoms with Gasteiger partial charge in [0.2, 0.25) is 17.8 Å². The first kappa shape index (κ1) is 20.1. The van der Waals surface area contributed by atoms with Crippen LogP contribution in [-0.2, 0) is 0 Å². The molecular weight excluding hydrogens is 455 g/mol. The van der Waals surface area contributed by atoms with Crippen molar-refractivity contribution < 1.29 is 9.18 Å². The number of nitrogens with one attached hydrogen (secondary N) is 1. The van der Waals surface area contributed by atoms with E-state index in [1.54, 1.807) is 18.5 Å². The highest BCUT2D eigenvalue weighted by Crippen LogP contribution is 2.20. The van der Waals surface area contributed by atoms with E-state index >= 15 is 0 Å². The smallest absolute Gasteiger partial charge is 0.260 e. The van der Waals surface area contributed by atoms with E-state index in [-0.39, 0.29) is 11.6 Å². The van der Waals surface area contributed by atoms with Crippen molar-refractivity contribution in [3.8, 4) is 0 Å². The van der Waals surface area contributed by atoms with Gasteiger partial charge in [-0.2, -0.15) is 4.39 Å². The summed E-state index contributed by atoms with van der Waals surface area (Å²) in [6.45, 7) is 4.27. The molecule has 1 aliphatic heterocycles. The Morgan fingerprint density at radius 2 is 1.87 bits per heavy atom. The van der Waals surface area contributed by atoms with Crippen LogP contribution in [0.4, 0.5) is 22.0 Å². The first-order valence-corrected chi connectivity index (χ1v) is 10.0. The van der Waals surface area contributed by atoms with E-state index in [1.165, 1.54) is 24.5 Å². The molecular formula is C19H18BrFN8O. The van der Waals surface area contributed by atoms with E-state index in [0.29, 0.717) is 28.7 Å². The van der Waals surface area contributed by atoms with E-state index < -0.39 is 11.9 Å². The number of hydrogen-bond donors (Lipinski definition) is 1. The first-order valence-electron chi connectivity index (χ1n) is 9.25. The molecule has 3 aromatic heterocycles. The van der Waals surface area contributed by atoms with Gasteiger partial charge in [0.1, 0.15) is 4.60 Å². The van der Waals surface area contributed by atoms with Crippen molar-refractivity contribution in [1.82, 2.24) is 24.9 Å². The van der Waals surface area contributed by atoms with Crippen molar-refractivity contribution in [1.29, 1.82) is 0 Å². The predicted molar refractivity (Wildman–Crippen MR) is 113 cm³/mol. The minimum Gasteiger partial charge on any atom is -0.337 e. The van der Waals surface area contributed by atoms with Crippen LogP contribution in [-0.4, -0.2) is 56.5 Å². The maximum Gasteiger partial charge on any atom is 0.260 e. The quantitative estimate of drug-likeness (QED) is 0.578. The van der Waals surface area contributed by atoms with E-state index in [1.807, 2.05) is 0 Å². The van der Waals surface area contributed by atoms with Crippen LogP contribution in [0.2, 0.25) is 0 Å². The first-order chi connectivity index (χ1) is 14.5. The van der Waals surface area contributed by atoms with Crippen LogP contribution in [0.5, 0.6) is 0 Å². The van der Waals surface area contributed by atoms with E-state index in [9.17, 15) is 9.18 Å². The summed E-state index contributed by atoms with van der Waals surface area (Å²) < 4.78 is 14.2. The molecule has 0 aliphatic carbocycles. The molecule has 1 amide bonds. The van der Waals surface area contributed by atoms with Crippen molar-refractivity contribution in [2.24, 2.45) is 0 Å². The van der Waals surface area contributed by atoms with Gasteiger partial charge in [0.05, 0.1) is 23.6 Å². The molecule has 4 heterocycles. The molecule has 3 aromatic rings. The summed E-state index contributed by atoms with van der Waals surface area (Å²) in [6.07, 6.45) is 6.46. The van der Waals surface area contributed by atoms with Crippen molar-refractivity contribution in [2.45, 2.75) is 13.0 Å². The maximum atomic E-state index is 13.9. The number of piperazine rings is 1. The van der Waals surface area contributed by atoms with Crippen LogP contribution >= 0.6 is 15.9 Å². The van der Waals surface area contributed by atoms with Gasteiger partial charge in [0.15, 0.2) is 0 Å². The van der Waals surface area contributed by atoms with Gasteiger partial charge in [-0.3, -0.25) is 4.79 Å². The summed E-state index contributed by atoms with van der Waals surface area (Å²) in [7, 11) is 0. The molecule has 1 atom stereocenters. The number of anilines is 3. The Morgan fingerprint density at radius 3 is 2.53 bits per heavy atom. The fourth-order valence-electron chi connectivity index (χ4n) is 3.20. The molecule has 30 heavy (non-hydrogen) atoms. The van der Waals surface area contributed by atoms with Gasteiger partial charge in [-0.25, -0.2) is 24.9 Å². The highest BCUT2D eigenvalue weighted by molar-refractivity contribution is 9.10. The summed E-state index contributed by atoms with van der Waals surface area (Å²) in [5.74, 6) is -0.203. The molecule has 0 bridgehead atoms. The lowest BCUT2D eigenvalue weighted by Gasteiger charge is -2.39. The SMILES string of the molecule is C[C@H]1CN(c2ncccn2)CCN1c1ncc(NC(=O)c2ccc(Br)nc2F)cn1. The maximum absolute atomic E-state index is 13.9. The van der Waals surface area contributed by atoms with Crippen molar-refractivity contribution in [3.05, 3.63) is 59.1 Å². The number of hydrogen-bond acceptors (Lipinski definition) is 8. The third-order valence-electron chi connectivity index (χ3n) is 4.67. The van der Waals surface area contributed by atoms with E-state index in [0.717, 1.165) is 13.1 Å². The van der Waals surface area contributed by atoms with Gasteiger partial charge in [-0.15, -0.1) is 0 Å². The van der Waals surface area contributed by atoms with Crippen LogP contribution in [0.25, 0.3) is 0 Å². The zero-order valence-corrected chi connectivity index (χ0v) is 17.6. The zero-order chi connectivity index (χ0) is 21.1. The fraction of sp³-hybridized carbons (Fsp3) is 0.263. The number of rotatable bonds is 4. The third kappa shape index (κ3) is 4.35. The van der Waals surface area contributed by atoms with Crippen LogP contribution in [0.3, 0.4) is 0 Å². The molecule has 0 unspecified atom stereocenters. The minimum absolute atomic E-state index is 0.144. The second kappa shape index (κ2) is 8.66. The molecule has 0 saturated carbocycles. The molecule has 9 nitrogen and oxygen atoms in total. The largest absolute Gasteiger partial charge is 0.337 e. The molecule has 154 valence electrons. The molecule has 1 saturated heterocycles. The monoisotopic (exact) mass is 472 g/mol. The van der Waals surface area contributed by atoms with Crippen molar-refractivity contribution in [2.75, 3.05) is 34.8 Å². The van der Waals surface area contributed by atoms with Gasteiger partial charge in [-0.05, 0) is 41.1 Å². The Kier molecular flexibility index (Phi) is 5.79. The summed E-state index contributed by atoms with van der Waals surface area (Å²) in [5, 5.41) is 2.59. The molecule has 0 aromatic carbocycles. The highest BCUT2D eigenvalue weighted by atomic mass is 79.9. The zero-order valence-electron chi connectivity index (χ0n) is 16.0. The number of carbonyl (C=O) groups is 1. The van der Waals surface area contributed by atoms with Crippen LogP contribution in [0, 0.1) is 5.95 Å². The van der Waals surface area contributed by atoms with Crippen LogP contribution in [0.1, 0.15) is 17.3 Å². The standard InChI is InChI=1S/C19H18BrFN8O/c1-12-11-28(18-22-5-2-6-23-18)7-8-29(12)19-24-9-13(10-25-19)26-17(30)14-3-4-15(20)27-16(14)21/h2-6,9-10,12H,7-8,11H2,1H3,(H,26,30)/t12-/m0/s1. The number of halogens is 2. The van der Waals surface area contributed by atoms with Crippen LogP contribution in [0.15, 0.2) is 47.6 Å². The van der Waals surface area contributed by atoms with Gasteiger partial charge >= 0.3 is 0 Å². The van der Waals surface area contributed by atoms with Gasteiger partial charge in [0, 0.05) is 38.1 Å². The second-order valence-corrected chi connectivity index (χ2v) is 7.55. The Morgan fingerprint density at radius 1 is 1.13 bits per heavy atom. The van der Waals surface area contributed by atoms with E-state index in [2.05, 4.69) is 62.9 Å². The number of aromatic nitrogens is 5. The lowest BCUT2D eigenvalue weighted by atomic mass is 10.2. The van der Waals surface area contributed by atoms with Crippen molar-refractivity contribution >= 4 is 39.4 Å². The summed E-state index contributed by atoms with van der Waals surface area (Å²) >= 11 is 3.06. The number of amides is 1. The van der Waals surface area contributed by atoms with Gasteiger partial charge < -0.3 is 15.1 Å². The topological polar surface area (TPSA) is 100 Å². The summed E-state index contributed by atoms with van der Waals surface area (Å²) in [4.78, 5) is 37.4. The Balaban J connectivity index is 1.40. The van der Waals surface area contributed by atoms with Crippen molar-refractivity contribution in [3.63, 3.8) is 0 Å². The number of nitrogens with zero attached hydrogens (tertiary/aromatic N) is 7. The Hall–Kier alpha value is -3.21. The summed E-state index contributed by atoms with van der Waals surface area (Å²) in [6, 6.07) is 4.79. The second-order valence-electron chi connectivity index (χ2n) is 6.74. The molecule has 1 fully saturated rings. The van der Waals surface area contributed by atoms with Crippen LogP contribution < -0.4 is 15.1 Å².